The van der Waals surface area contributed by atoms with Crippen LogP contribution in [0.3, 0.4) is 0 Å². The second kappa shape index (κ2) is 10.6. The van der Waals surface area contributed by atoms with E-state index in [1.165, 1.54) is 16.7 Å². The van der Waals surface area contributed by atoms with Gasteiger partial charge in [-0.3, -0.25) is 0 Å². The molecule has 0 radical (unpaired) electrons. The first-order valence-corrected chi connectivity index (χ1v) is 13.1. The number of hydrogen-bond acceptors (Lipinski definition) is 5. The van der Waals surface area contributed by atoms with E-state index in [1.807, 2.05) is 13.8 Å². The van der Waals surface area contributed by atoms with E-state index in [4.69, 9.17) is 9.97 Å². The lowest BCUT2D eigenvalue weighted by molar-refractivity contribution is 0.432. The van der Waals surface area contributed by atoms with Crippen LogP contribution < -0.4 is 4.90 Å². The molecule has 7 heteroatoms. The Morgan fingerprint density at radius 1 is 0.968 bits per heavy atom. The predicted molar refractivity (Wildman–Crippen MR) is 127 cm³/mol. The van der Waals surface area contributed by atoms with Gasteiger partial charge in [-0.05, 0) is 38.7 Å². The molecule has 0 amide bonds. The highest BCUT2D eigenvalue weighted by molar-refractivity contribution is 7.89. The van der Waals surface area contributed by atoms with Gasteiger partial charge in [0.15, 0.2) is 0 Å². The molecular formula is C24H36N4O2S. The van der Waals surface area contributed by atoms with Crippen LogP contribution in [-0.4, -0.2) is 54.6 Å². The van der Waals surface area contributed by atoms with Crippen LogP contribution in [0.5, 0.6) is 0 Å². The number of benzene rings is 1. The number of aryl methyl sites for hydroxylation is 3. The van der Waals surface area contributed by atoms with Crippen LogP contribution in [0.4, 0.5) is 5.82 Å². The normalized spacial score (nSPS) is 15.8. The number of nitrogens with zero attached hydrogens (tertiary/aromatic N) is 4. The Morgan fingerprint density at radius 2 is 1.71 bits per heavy atom. The summed E-state index contributed by atoms with van der Waals surface area (Å²) in [6.07, 6.45) is 4.05. The third kappa shape index (κ3) is 6.04. The smallest absolute Gasteiger partial charge is 0.214 e. The van der Waals surface area contributed by atoms with Crippen molar-refractivity contribution in [2.45, 2.75) is 59.8 Å². The van der Waals surface area contributed by atoms with Gasteiger partial charge < -0.3 is 4.90 Å². The first-order valence-electron chi connectivity index (χ1n) is 11.5. The zero-order chi connectivity index (χ0) is 22.4. The number of rotatable bonds is 8. The quantitative estimate of drug-likeness (QED) is 0.618. The fraction of sp³-hybridized carbons (Fsp3) is 0.583. The van der Waals surface area contributed by atoms with Crippen molar-refractivity contribution in [3.8, 4) is 0 Å². The molecule has 1 aromatic heterocycles. The van der Waals surface area contributed by atoms with Gasteiger partial charge in [-0.25, -0.2) is 22.7 Å². The van der Waals surface area contributed by atoms with E-state index in [2.05, 4.69) is 43.0 Å². The molecule has 1 aromatic carbocycles. The first kappa shape index (κ1) is 23.7. The summed E-state index contributed by atoms with van der Waals surface area (Å²) in [6, 6.07) is 8.62. The van der Waals surface area contributed by atoms with Crippen molar-refractivity contribution in [2.75, 3.05) is 36.8 Å². The maximum atomic E-state index is 12.7. The Balaban J connectivity index is 1.87. The van der Waals surface area contributed by atoms with Crippen LogP contribution in [0.1, 0.15) is 61.3 Å². The van der Waals surface area contributed by atoms with E-state index < -0.39 is 10.0 Å². The van der Waals surface area contributed by atoms with Gasteiger partial charge in [0.25, 0.3) is 0 Å². The van der Waals surface area contributed by atoms with Gasteiger partial charge >= 0.3 is 0 Å². The minimum Gasteiger partial charge on any atom is -0.355 e. The second-order valence-corrected chi connectivity index (χ2v) is 10.5. The van der Waals surface area contributed by atoms with Crippen LogP contribution in [-0.2, 0) is 22.9 Å². The molecule has 170 valence electrons. The maximum absolute atomic E-state index is 12.7. The number of unbranched alkanes of at least 4 members (excludes halogenated alkanes) is 1. The number of hydrogen-bond donors (Lipinski definition) is 0. The van der Waals surface area contributed by atoms with Gasteiger partial charge in [0.05, 0.1) is 5.75 Å². The first-order chi connectivity index (χ1) is 14.8. The van der Waals surface area contributed by atoms with E-state index in [1.54, 1.807) is 4.31 Å². The summed E-state index contributed by atoms with van der Waals surface area (Å²) in [7, 11) is -3.18. The van der Waals surface area contributed by atoms with Gasteiger partial charge in [-0.15, -0.1) is 0 Å². The van der Waals surface area contributed by atoms with Gasteiger partial charge in [-0.1, -0.05) is 50.1 Å². The van der Waals surface area contributed by atoms with Gasteiger partial charge in [0.1, 0.15) is 11.6 Å². The Kier molecular flexibility index (Phi) is 8.06. The Hall–Kier alpha value is -1.99. The Bertz CT molecular complexity index is 974. The third-order valence-corrected chi connectivity index (χ3v) is 7.88. The van der Waals surface area contributed by atoms with Crippen LogP contribution in [0, 0.1) is 13.8 Å². The number of sulfonamides is 1. The molecule has 0 unspecified atom stereocenters. The fourth-order valence-corrected chi connectivity index (χ4v) is 5.80. The molecule has 2 aromatic rings. The molecule has 0 spiro atoms. The fourth-order valence-electron chi connectivity index (χ4n) is 4.12. The Labute approximate surface area is 187 Å². The lowest BCUT2D eigenvalue weighted by Gasteiger charge is -2.26. The van der Waals surface area contributed by atoms with Crippen LogP contribution in [0.2, 0.25) is 0 Å². The maximum Gasteiger partial charge on any atom is 0.214 e. The van der Waals surface area contributed by atoms with Crippen LogP contribution in [0.15, 0.2) is 24.3 Å². The summed E-state index contributed by atoms with van der Waals surface area (Å²) in [6.45, 7) is 10.8. The molecule has 1 aliphatic heterocycles. The largest absolute Gasteiger partial charge is 0.355 e. The molecule has 1 fully saturated rings. The van der Waals surface area contributed by atoms with Crippen molar-refractivity contribution in [2.24, 2.45) is 0 Å². The van der Waals surface area contributed by atoms with E-state index in [-0.39, 0.29) is 5.75 Å². The topological polar surface area (TPSA) is 66.4 Å². The molecule has 2 heterocycles. The van der Waals surface area contributed by atoms with Crippen molar-refractivity contribution in [3.63, 3.8) is 0 Å². The molecule has 0 aliphatic carbocycles. The van der Waals surface area contributed by atoms with E-state index >= 15 is 0 Å². The number of anilines is 1. The molecule has 1 saturated heterocycles. The van der Waals surface area contributed by atoms with Crippen molar-refractivity contribution in [1.82, 2.24) is 14.3 Å². The predicted octanol–water partition coefficient (Wildman–Crippen LogP) is 3.89. The summed E-state index contributed by atoms with van der Waals surface area (Å²) in [4.78, 5) is 11.8. The summed E-state index contributed by atoms with van der Waals surface area (Å²) < 4.78 is 27.1. The highest BCUT2D eigenvalue weighted by Gasteiger charge is 2.27. The van der Waals surface area contributed by atoms with Crippen molar-refractivity contribution < 1.29 is 8.42 Å². The molecule has 1 aliphatic rings. The minimum atomic E-state index is -3.18. The molecule has 3 rings (SSSR count). The molecule has 31 heavy (non-hydrogen) atoms. The van der Waals surface area contributed by atoms with E-state index in [0.29, 0.717) is 26.1 Å². The SMILES string of the molecule is CCCCS(=O)(=O)N1CCCN(c2nc(C)nc(CC)c2Cc2ccc(C)cc2)CC1. The van der Waals surface area contributed by atoms with E-state index in [0.717, 1.165) is 49.6 Å². The molecular weight excluding hydrogens is 408 g/mol. The highest BCUT2D eigenvalue weighted by Crippen LogP contribution is 2.26. The summed E-state index contributed by atoms with van der Waals surface area (Å²) >= 11 is 0. The lowest BCUT2D eigenvalue weighted by Crippen LogP contribution is -2.37. The molecule has 0 N–H and O–H groups in total. The lowest BCUT2D eigenvalue weighted by atomic mass is 10.0. The average molecular weight is 445 g/mol. The minimum absolute atomic E-state index is 0.245. The zero-order valence-electron chi connectivity index (χ0n) is 19.4. The van der Waals surface area contributed by atoms with Gasteiger partial charge in [0.2, 0.25) is 10.0 Å². The molecule has 0 bridgehead atoms. The Morgan fingerprint density at radius 3 is 2.39 bits per heavy atom. The van der Waals surface area contributed by atoms with E-state index in [9.17, 15) is 8.42 Å². The number of aromatic nitrogens is 2. The monoisotopic (exact) mass is 444 g/mol. The van der Waals surface area contributed by atoms with Crippen LogP contribution >= 0.6 is 0 Å². The van der Waals surface area contributed by atoms with Crippen molar-refractivity contribution in [1.29, 1.82) is 0 Å². The van der Waals surface area contributed by atoms with Gasteiger partial charge in [0, 0.05) is 43.9 Å². The highest BCUT2D eigenvalue weighted by atomic mass is 32.2. The third-order valence-electron chi connectivity index (χ3n) is 5.92. The summed E-state index contributed by atoms with van der Waals surface area (Å²) in [5, 5.41) is 0. The summed E-state index contributed by atoms with van der Waals surface area (Å²) in [5.41, 5.74) is 4.74. The zero-order valence-corrected chi connectivity index (χ0v) is 20.2. The van der Waals surface area contributed by atoms with Crippen LogP contribution in [0.25, 0.3) is 0 Å². The van der Waals surface area contributed by atoms with Crippen molar-refractivity contribution >= 4 is 15.8 Å². The summed E-state index contributed by atoms with van der Waals surface area (Å²) in [5.74, 6) is 1.99. The van der Waals surface area contributed by atoms with Crippen molar-refractivity contribution in [3.05, 3.63) is 52.5 Å². The molecule has 6 nitrogen and oxygen atoms in total. The average Bonchev–Trinajstić information content (AvgIpc) is 3.01. The van der Waals surface area contributed by atoms with Gasteiger partial charge in [-0.2, -0.15) is 0 Å². The molecule has 0 saturated carbocycles. The second-order valence-electron chi connectivity index (χ2n) is 8.44. The standard InChI is InChI=1S/C24H36N4O2S/c1-5-7-17-31(29,30)28-14-8-13-27(15-16-28)24-22(23(6-2)25-20(4)26-24)18-21-11-9-19(3)10-12-21/h9-12H,5-8,13-18H2,1-4H3. The molecule has 0 atom stereocenters.